The van der Waals surface area contributed by atoms with Crippen LogP contribution in [0.15, 0.2) is 24.5 Å². The number of amides is 1. The molecule has 0 fully saturated rings. The number of fused-ring (bicyclic) bond motifs is 1. The molecule has 0 spiro atoms. The molecule has 3 aromatic rings. The third-order valence-corrected chi connectivity index (χ3v) is 5.15. The van der Waals surface area contributed by atoms with Crippen LogP contribution in [0.4, 0.5) is 0 Å². The molecule has 0 radical (unpaired) electrons. The van der Waals surface area contributed by atoms with Crippen LogP contribution in [0.25, 0.3) is 5.78 Å². The summed E-state index contributed by atoms with van der Waals surface area (Å²) in [6.45, 7) is 5.80. The average molecular weight is 392 g/mol. The zero-order chi connectivity index (χ0) is 18.8. The molecule has 0 unspecified atom stereocenters. The van der Waals surface area contributed by atoms with E-state index >= 15 is 0 Å². The zero-order valence-corrected chi connectivity index (χ0v) is 16.3. The second-order valence-electron chi connectivity index (χ2n) is 6.20. The van der Waals surface area contributed by atoms with E-state index in [-0.39, 0.29) is 11.9 Å². The van der Waals surface area contributed by atoms with Crippen LogP contribution in [0.1, 0.15) is 41.9 Å². The molecule has 8 heteroatoms. The minimum absolute atomic E-state index is 0.0407. The Bertz CT molecular complexity index is 970. The van der Waals surface area contributed by atoms with E-state index < -0.39 is 0 Å². The van der Waals surface area contributed by atoms with Gasteiger partial charge in [0.2, 0.25) is 5.91 Å². The lowest BCUT2D eigenvalue weighted by Crippen LogP contribution is -2.27. The Kier molecular flexibility index (Phi) is 5.44. The number of aryl methyl sites for hydroxylation is 2. The van der Waals surface area contributed by atoms with Gasteiger partial charge in [-0.15, -0.1) is 0 Å². The Morgan fingerprint density at radius 2 is 2.04 bits per heavy atom. The Morgan fingerprint density at radius 3 is 2.77 bits per heavy atom. The second-order valence-corrected chi connectivity index (χ2v) is 7.01. The number of hydrogen-bond donors (Lipinski definition) is 1. The molecule has 1 amide bonds. The fourth-order valence-corrected chi connectivity index (χ4v) is 3.24. The van der Waals surface area contributed by atoms with Crippen LogP contribution in [0.5, 0.6) is 0 Å². The fourth-order valence-electron chi connectivity index (χ4n) is 2.93. The van der Waals surface area contributed by atoms with Gasteiger partial charge in [0, 0.05) is 17.8 Å². The first-order valence-corrected chi connectivity index (χ1v) is 9.02. The molecule has 1 N–H and O–H groups in total. The highest BCUT2D eigenvalue weighted by atomic mass is 35.5. The molecule has 1 aromatic carbocycles. The highest BCUT2D eigenvalue weighted by Crippen LogP contribution is 2.25. The van der Waals surface area contributed by atoms with Gasteiger partial charge in [-0.3, -0.25) is 4.79 Å². The van der Waals surface area contributed by atoms with Gasteiger partial charge >= 0.3 is 0 Å². The predicted octanol–water partition coefficient (Wildman–Crippen LogP) is 3.86. The van der Waals surface area contributed by atoms with Crippen LogP contribution in [-0.2, 0) is 11.2 Å². The van der Waals surface area contributed by atoms with Crippen LogP contribution in [-0.4, -0.2) is 25.5 Å². The van der Waals surface area contributed by atoms with E-state index in [1.807, 2.05) is 26.8 Å². The molecule has 0 bridgehead atoms. The van der Waals surface area contributed by atoms with Gasteiger partial charge in [-0.1, -0.05) is 29.3 Å². The summed E-state index contributed by atoms with van der Waals surface area (Å²) in [6, 6.07) is 5.20. The van der Waals surface area contributed by atoms with Crippen molar-refractivity contribution < 1.29 is 4.79 Å². The van der Waals surface area contributed by atoms with Crippen molar-refractivity contribution in [1.82, 2.24) is 24.9 Å². The Morgan fingerprint density at radius 1 is 1.27 bits per heavy atom. The lowest BCUT2D eigenvalue weighted by atomic mass is 10.1. The van der Waals surface area contributed by atoms with Gasteiger partial charge in [0.1, 0.15) is 6.33 Å². The lowest BCUT2D eigenvalue weighted by Gasteiger charge is -2.16. The molecular weight excluding hydrogens is 373 g/mol. The van der Waals surface area contributed by atoms with Gasteiger partial charge in [-0.05, 0) is 50.5 Å². The standard InChI is InChI=1S/C18H19Cl2N5O/c1-10(13-4-6-15(19)16(20)8-13)23-17(26)7-5-14-11(2)24-18-21-9-22-25(18)12(14)3/h4,6,8-10H,5,7H2,1-3H3,(H,23,26)/t10-/m1/s1. The molecule has 2 heterocycles. The highest BCUT2D eigenvalue weighted by Gasteiger charge is 2.15. The quantitative estimate of drug-likeness (QED) is 0.716. The number of nitrogens with one attached hydrogen (secondary N) is 1. The summed E-state index contributed by atoms with van der Waals surface area (Å²) in [4.78, 5) is 20.9. The Labute approximate surface area is 161 Å². The van der Waals surface area contributed by atoms with Gasteiger partial charge < -0.3 is 5.32 Å². The number of halogens is 2. The zero-order valence-electron chi connectivity index (χ0n) is 14.8. The number of hydrogen-bond acceptors (Lipinski definition) is 4. The van der Waals surface area contributed by atoms with Crippen LogP contribution in [0.3, 0.4) is 0 Å². The minimum Gasteiger partial charge on any atom is -0.350 e. The van der Waals surface area contributed by atoms with Crippen LogP contribution in [0, 0.1) is 13.8 Å². The fraction of sp³-hybridized carbons (Fsp3) is 0.333. The average Bonchev–Trinajstić information content (AvgIpc) is 3.05. The van der Waals surface area contributed by atoms with Crippen molar-refractivity contribution >= 4 is 34.9 Å². The van der Waals surface area contributed by atoms with Gasteiger partial charge in [-0.25, -0.2) is 9.50 Å². The molecular formula is C18H19Cl2N5O. The smallest absolute Gasteiger partial charge is 0.252 e. The molecule has 0 aliphatic heterocycles. The van der Waals surface area contributed by atoms with Gasteiger partial charge in [0.05, 0.1) is 16.1 Å². The van der Waals surface area contributed by atoms with Crippen molar-refractivity contribution in [3.8, 4) is 0 Å². The lowest BCUT2D eigenvalue weighted by molar-refractivity contribution is -0.121. The van der Waals surface area contributed by atoms with E-state index in [1.165, 1.54) is 6.33 Å². The molecule has 0 saturated heterocycles. The van der Waals surface area contributed by atoms with Crippen molar-refractivity contribution in [2.24, 2.45) is 0 Å². The van der Waals surface area contributed by atoms with Crippen LogP contribution in [0.2, 0.25) is 10.0 Å². The second kappa shape index (κ2) is 7.60. The number of carbonyl (C=O) groups is 1. The molecule has 6 nitrogen and oxygen atoms in total. The summed E-state index contributed by atoms with van der Waals surface area (Å²) in [5.41, 5.74) is 3.75. The van der Waals surface area contributed by atoms with E-state index in [0.717, 1.165) is 22.5 Å². The monoisotopic (exact) mass is 391 g/mol. The molecule has 0 saturated carbocycles. The predicted molar refractivity (Wildman–Crippen MR) is 102 cm³/mol. The first-order chi connectivity index (χ1) is 12.4. The number of benzene rings is 1. The van der Waals surface area contributed by atoms with E-state index in [2.05, 4.69) is 20.4 Å². The van der Waals surface area contributed by atoms with Crippen molar-refractivity contribution in [2.75, 3.05) is 0 Å². The molecule has 0 aliphatic carbocycles. The summed E-state index contributed by atoms with van der Waals surface area (Å²) in [6.07, 6.45) is 2.42. The Hall–Kier alpha value is -2.18. The van der Waals surface area contributed by atoms with Crippen molar-refractivity contribution in [2.45, 2.75) is 39.7 Å². The van der Waals surface area contributed by atoms with Crippen molar-refractivity contribution in [3.05, 3.63) is 57.1 Å². The normalized spacial score (nSPS) is 12.3. The molecule has 1 atom stereocenters. The summed E-state index contributed by atoms with van der Waals surface area (Å²) >= 11 is 12.0. The highest BCUT2D eigenvalue weighted by molar-refractivity contribution is 6.42. The molecule has 2 aromatic heterocycles. The Balaban J connectivity index is 1.66. The van der Waals surface area contributed by atoms with Gasteiger partial charge in [0.25, 0.3) is 5.78 Å². The SMILES string of the molecule is Cc1nc2ncnn2c(C)c1CCC(=O)N[C@H](C)c1ccc(Cl)c(Cl)c1. The summed E-state index contributed by atoms with van der Waals surface area (Å²) in [7, 11) is 0. The van der Waals surface area contributed by atoms with Crippen molar-refractivity contribution in [3.63, 3.8) is 0 Å². The molecule has 26 heavy (non-hydrogen) atoms. The molecule has 3 rings (SSSR count). The molecule has 136 valence electrons. The number of aromatic nitrogens is 4. The third-order valence-electron chi connectivity index (χ3n) is 4.41. The maximum absolute atomic E-state index is 12.4. The number of carbonyl (C=O) groups excluding carboxylic acids is 1. The topological polar surface area (TPSA) is 72.2 Å². The summed E-state index contributed by atoms with van der Waals surface area (Å²) < 4.78 is 1.69. The number of rotatable bonds is 5. The first-order valence-electron chi connectivity index (χ1n) is 8.27. The van der Waals surface area contributed by atoms with Crippen LogP contribution < -0.4 is 5.32 Å². The van der Waals surface area contributed by atoms with E-state index in [4.69, 9.17) is 23.2 Å². The minimum atomic E-state index is -0.157. The largest absolute Gasteiger partial charge is 0.350 e. The summed E-state index contributed by atoms with van der Waals surface area (Å²) in [5.74, 6) is 0.530. The number of nitrogens with zero attached hydrogens (tertiary/aromatic N) is 4. The third kappa shape index (κ3) is 3.81. The first kappa shape index (κ1) is 18.6. The maximum atomic E-state index is 12.4. The maximum Gasteiger partial charge on any atom is 0.252 e. The van der Waals surface area contributed by atoms with Gasteiger partial charge in [0.15, 0.2) is 0 Å². The van der Waals surface area contributed by atoms with E-state index in [9.17, 15) is 4.79 Å². The van der Waals surface area contributed by atoms with Gasteiger partial charge in [-0.2, -0.15) is 10.1 Å². The summed E-state index contributed by atoms with van der Waals surface area (Å²) in [5, 5.41) is 8.13. The van der Waals surface area contributed by atoms with E-state index in [0.29, 0.717) is 28.7 Å². The van der Waals surface area contributed by atoms with E-state index in [1.54, 1.807) is 16.6 Å². The van der Waals surface area contributed by atoms with Crippen LogP contribution >= 0.6 is 23.2 Å². The molecule has 0 aliphatic rings. The van der Waals surface area contributed by atoms with Crippen molar-refractivity contribution in [1.29, 1.82) is 0 Å².